The Kier molecular flexibility index (Phi) is 9.53. The number of esters is 2. The van der Waals surface area contributed by atoms with E-state index in [2.05, 4.69) is 38.9 Å². The van der Waals surface area contributed by atoms with E-state index < -0.39 is 30.4 Å². The van der Waals surface area contributed by atoms with Crippen molar-refractivity contribution in [3.63, 3.8) is 0 Å². The van der Waals surface area contributed by atoms with E-state index in [1.165, 1.54) is 45.2 Å². The molecule has 0 spiro atoms. The Balaban J connectivity index is 1.23. The molecular weight excluding hydrogens is 534 g/mol. The van der Waals surface area contributed by atoms with Crippen molar-refractivity contribution in [1.82, 2.24) is 0 Å². The van der Waals surface area contributed by atoms with E-state index in [0.717, 1.165) is 43.9 Å². The van der Waals surface area contributed by atoms with E-state index in [-0.39, 0.29) is 18.1 Å². The third kappa shape index (κ3) is 6.21. The maximum absolute atomic E-state index is 11.6. The van der Waals surface area contributed by atoms with Crippen LogP contribution in [-0.4, -0.2) is 55.5 Å². The van der Waals surface area contributed by atoms with Crippen molar-refractivity contribution in [1.29, 1.82) is 0 Å². The van der Waals surface area contributed by atoms with Gasteiger partial charge in [-0.2, -0.15) is 0 Å². The lowest BCUT2D eigenvalue weighted by Crippen LogP contribution is -2.51. The number of rotatable bonds is 9. The quantitative estimate of drug-likeness (QED) is 0.0999. The minimum atomic E-state index is -0.611. The lowest BCUT2D eigenvalue weighted by atomic mass is 9.47. The van der Waals surface area contributed by atoms with E-state index in [4.69, 9.17) is 23.8 Å². The molecule has 4 unspecified atom stereocenters. The Labute approximate surface area is 251 Å². The Hall–Kier alpha value is -2.19. The number of allylic oxidation sites excluding steroid dienone is 1. The fourth-order valence-corrected chi connectivity index (χ4v) is 9.26. The van der Waals surface area contributed by atoms with Gasteiger partial charge in [0.1, 0.15) is 25.4 Å². The molecule has 0 aromatic rings. The number of nitrogens with zero attached hydrogens (tertiary/aromatic N) is 1. The van der Waals surface area contributed by atoms with E-state index in [1.54, 1.807) is 11.6 Å². The summed E-state index contributed by atoms with van der Waals surface area (Å²) >= 11 is 0. The van der Waals surface area contributed by atoms with Gasteiger partial charge in [0.25, 0.3) is 0 Å². The van der Waals surface area contributed by atoms with Gasteiger partial charge in [-0.15, -0.1) is 0 Å². The van der Waals surface area contributed by atoms with Crippen molar-refractivity contribution < 1.29 is 33.4 Å². The normalized spacial score (nSPS) is 41.2. The molecule has 5 rings (SSSR count). The first-order chi connectivity index (χ1) is 20.0. The van der Waals surface area contributed by atoms with Gasteiger partial charge in [0.2, 0.25) is 0 Å². The number of hydrogen-bond acceptors (Lipinski definition) is 8. The molecule has 0 N–H and O–H groups in total. The van der Waals surface area contributed by atoms with Crippen LogP contribution in [0.3, 0.4) is 0 Å². The molecule has 8 nitrogen and oxygen atoms in total. The molecular formula is C34H51NO7. The van der Waals surface area contributed by atoms with Gasteiger partial charge in [0, 0.05) is 19.8 Å². The summed E-state index contributed by atoms with van der Waals surface area (Å²) in [5.41, 5.74) is 3.27. The topological polar surface area (TPSA) is 92.6 Å². The Morgan fingerprint density at radius 3 is 2.57 bits per heavy atom. The fraction of sp³-hybridized carbons (Fsp3) is 0.794. The van der Waals surface area contributed by atoms with Crippen LogP contribution in [0.1, 0.15) is 99.3 Å². The molecule has 3 saturated carbocycles. The Morgan fingerprint density at radius 1 is 1.02 bits per heavy atom. The number of fused-ring (bicyclic) bond motifs is 5. The highest BCUT2D eigenvalue weighted by molar-refractivity contribution is 5.85. The van der Waals surface area contributed by atoms with E-state index >= 15 is 0 Å². The zero-order valence-electron chi connectivity index (χ0n) is 26.4. The van der Waals surface area contributed by atoms with Crippen LogP contribution in [0.4, 0.5) is 0 Å². The minimum absolute atomic E-state index is 0.00647. The van der Waals surface area contributed by atoms with Crippen LogP contribution < -0.4 is 0 Å². The van der Waals surface area contributed by atoms with Crippen molar-refractivity contribution in [3.05, 3.63) is 23.8 Å². The molecule has 1 aliphatic heterocycles. The number of hydrogen-bond donors (Lipinski definition) is 0. The van der Waals surface area contributed by atoms with Crippen molar-refractivity contribution in [2.75, 3.05) is 13.2 Å². The molecule has 42 heavy (non-hydrogen) atoms. The van der Waals surface area contributed by atoms with Crippen LogP contribution in [0, 0.1) is 34.5 Å². The molecule has 0 saturated heterocycles. The zero-order chi connectivity index (χ0) is 30.1. The van der Waals surface area contributed by atoms with Crippen molar-refractivity contribution in [2.45, 2.75) is 124 Å². The first-order valence-corrected chi connectivity index (χ1v) is 16.2. The fourth-order valence-electron chi connectivity index (χ4n) is 9.26. The molecule has 0 bridgehead atoms. The van der Waals surface area contributed by atoms with Gasteiger partial charge in [-0.25, -0.2) is 0 Å². The van der Waals surface area contributed by atoms with Gasteiger partial charge in [-0.05, 0) is 105 Å². The lowest BCUT2D eigenvalue weighted by Gasteiger charge is -2.58. The van der Waals surface area contributed by atoms with Crippen LogP contribution in [0.2, 0.25) is 0 Å². The maximum Gasteiger partial charge on any atom is 0.303 e. The highest BCUT2D eigenvalue weighted by Gasteiger charge is 2.59. The third-order valence-electron chi connectivity index (χ3n) is 11.3. The van der Waals surface area contributed by atoms with Crippen LogP contribution in [-0.2, 0) is 33.4 Å². The molecule has 234 valence electrons. The minimum Gasteiger partial charge on any atom is -0.463 e. The molecule has 4 aliphatic carbocycles. The summed E-state index contributed by atoms with van der Waals surface area (Å²) in [6.07, 6.45) is 14.7. The summed E-state index contributed by atoms with van der Waals surface area (Å²) in [4.78, 5) is 28.6. The average molecular weight is 586 g/mol. The van der Waals surface area contributed by atoms with Gasteiger partial charge >= 0.3 is 11.9 Å². The third-order valence-corrected chi connectivity index (χ3v) is 11.3. The second kappa shape index (κ2) is 12.8. The SMILES string of the molecule is CCCO/N=C(\C)[C@H]1CCC2C3CC=C4C[C@@H](OC5C=C[C@H](OC(C)=O)[C@@H](COC(C)=O)O5)CC[C@]4(C)C3CC[C@@]21C. The van der Waals surface area contributed by atoms with Crippen LogP contribution in [0.5, 0.6) is 0 Å². The summed E-state index contributed by atoms with van der Waals surface area (Å²) in [6.45, 7) is 12.8. The lowest BCUT2D eigenvalue weighted by molar-refractivity contribution is -0.213. The van der Waals surface area contributed by atoms with Gasteiger partial charge < -0.3 is 23.8 Å². The highest BCUT2D eigenvalue weighted by atomic mass is 16.7. The van der Waals surface area contributed by atoms with Crippen LogP contribution in [0.15, 0.2) is 29.0 Å². The smallest absolute Gasteiger partial charge is 0.303 e. The molecule has 0 aromatic heterocycles. The molecule has 8 heteroatoms. The predicted octanol–water partition coefficient (Wildman–Crippen LogP) is 6.53. The summed E-state index contributed by atoms with van der Waals surface area (Å²) in [5, 5.41) is 4.54. The molecule has 1 heterocycles. The largest absolute Gasteiger partial charge is 0.463 e. The van der Waals surface area contributed by atoms with E-state index in [0.29, 0.717) is 23.9 Å². The second-order valence-electron chi connectivity index (χ2n) is 13.8. The number of ether oxygens (including phenoxy) is 4. The Morgan fingerprint density at radius 2 is 1.83 bits per heavy atom. The van der Waals surface area contributed by atoms with Crippen molar-refractivity contribution in [2.24, 2.45) is 39.7 Å². The van der Waals surface area contributed by atoms with E-state index in [9.17, 15) is 9.59 Å². The number of carbonyl (C=O) groups is 2. The molecule has 3 fully saturated rings. The summed E-state index contributed by atoms with van der Waals surface area (Å²) in [6, 6.07) is 0. The number of carbonyl (C=O) groups excluding carboxylic acids is 2. The van der Waals surface area contributed by atoms with E-state index in [1.807, 2.05) is 6.08 Å². The Bertz CT molecular complexity index is 1100. The van der Waals surface area contributed by atoms with Crippen LogP contribution in [0.25, 0.3) is 0 Å². The van der Waals surface area contributed by atoms with Crippen LogP contribution >= 0.6 is 0 Å². The predicted molar refractivity (Wildman–Crippen MR) is 159 cm³/mol. The standard InChI is InChI=1S/C34H51NO7/c1-7-18-39-35-21(2)27-10-11-28-26-9-8-24-19-25(14-16-33(24,5)29(26)15-17-34(27,28)6)41-32-13-12-30(40-23(4)37)31(42-32)20-38-22(3)36/h8,12-13,25-32H,7,9-11,14-20H2,1-6H3/b35-21+/t25-,26?,27+,28?,29?,30-,31+,32?,33-,34+/m0/s1. The van der Waals surface area contributed by atoms with Gasteiger partial charge in [-0.1, -0.05) is 37.6 Å². The summed E-state index contributed by atoms with van der Waals surface area (Å²) < 4.78 is 23.1. The maximum atomic E-state index is 11.6. The molecule has 0 aromatic carbocycles. The first kappa shape index (κ1) is 31.2. The monoisotopic (exact) mass is 585 g/mol. The zero-order valence-corrected chi connectivity index (χ0v) is 26.4. The second-order valence-corrected chi connectivity index (χ2v) is 13.8. The van der Waals surface area contributed by atoms with Crippen molar-refractivity contribution in [3.8, 4) is 0 Å². The van der Waals surface area contributed by atoms with Gasteiger partial charge in [0.15, 0.2) is 6.29 Å². The molecule has 0 amide bonds. The molecule has 5 aliphatic rings. The number of oxime groups is 1. The van der Waals surface area contributed by atoms with Gasteiger partial charge in [-0.3, -0.25) is 9.59 Å². The van der Waals surface area contributed by atoms with Gasteiger partial charge in [0.05, 0.1) is 11.8 Å². The molecule has 10 atom stereocenters. The molecule has 0 radical (unpaired) electrons. The summed E-state index contributed by atoms with van der Waals surface area (Å²) in [7, 11) is 0. The first-order valence-electron chi connectivity index (χ1n) is 16.2. The highest BCUT2D eigenvalue weighted by Crippen LogP contribution is 2.66. The van der Waals surface area contributed by atoms with Crippen molar-refractivity contribution >= 4 is 17.7 Å². The summed E-state index contributed by atoms with van der Waals surface area (Å²) in [5.74, 6) is 1.90. The average Bonchev–Trinajstić information content (AvgIpc) is 3.30.